The highest BCUT2D eigenvalue weighted by Gasteiger charge is 2.12. The molecule has 1 aromatic heterocycles. The fourth-order valence-electron chi connectivity index (χ4n) is 2.04. The van der Waals surface area contributed by atoms with E-state index in [1.807, 2.05) is 0 Å². The van der Waals surface area contributed by atoms with Crippen LogP contribution in [0.2, 0.25) is 0 Å². The van der Waals surface area contributed by atoms with Gasteiger partial charge in [-0.05, 0) is 53.7 Å². The van der Waals surface area contributed by atoms with E-state index < -0.39 is 0 Å². The summed E-state index contributed by atoms with van der Waals surface area (Å²) in [6.07, 6.45) is 4.38. The molecule has 0 aliphatic carbocycles. The lowest BCUT2D eigenvalue weighted by atomic mass is 10.3. The van der Waals surface area contributed by atoms with Gasteiger partial charge in [-0.2, -0.15) is 0 Å². The summed E-state index contributed by atoms with van der Waals surface area (Å²) in [5.41, 5.74) is 2.67. The Kier molecular flexibility index (Phi) is 3.25. The van der Waals surface area contributed by atoms with Crippen LogP contribution < -0.4 is 11.0 Å². The maximum absolute atomic E-state index is 2.38. The topological polar surface area (TPSA) is 9.86 Å². The molecule has 1 rings (SSSR count). The summed E-state index contributed by atoms with van der Waals surface area (Å²) < 4.78 is 4.75. The zero-order valence-corrected chi connectivity index (χ0v) is 10.2. The Morgan fingerprint density at radius 3 is 1.21 bits per heavy atom. The molecule has 0 saturated carbocycles. The van der Waals surface area contributed by atoms with Crippen molar-refractivity contribution in [2.45, 2.75) is 53.6 Å². The SMILES string of the molecule is CC=c1n(C(C)C)c(=CC)n1C(C)C. The van der Waals surface area contributed by atoms with E-state index in [0.717, 1.165) is 0 Å². The van der Waals surface area contributed by atoms with Gasteiger partial charge in [0.25, 0.3) is 0 Å². The highest BCUT2D eigenvalue weighted by atomic mass is 15.3. The largest absolute Gasteiger partial charge is 0.312 e. The first-order chi connectivity index (χ1) is 6.54. The van der Waals surface area contributed by atoms with Gasteiger partial charge >= 0.3 is 0 Å². The zero-order valence-electron chi connectivity index (χ0n) is 10.2. The van der Waals surface area contributed by atoms with Crippen LogP contribution in [0.15, 0.2) is 0 Å². The summed E-state index contributed by atoms with van der Waals surface area (Å²) >= 11 is 0. The van der Waals surface area contributed by atoms with Gasteiger partial charge in [0.15, 0.2) is 0 Å². The van der Waals surface area contributed by atoms with Crippen molar-refractivity contribution >= 4 is 12.2 Å². The molecule has 2 heteroatoms. The van der Waals surface area contributed by atoms with Crippen molar-refractivity contribution in [2.24, 2.45) is 0 Å². The van der Waals surface area contributed by atoms with Gasteiger partial charge in [0.05, 0.1) is 0 Å². The maximum atomic E-state index is 2.38. The van der Waals surface area contributed by atoms with Gasteiger partial charge in [-0.15, -0.1) is 0 Å². The molecule has 0 atom stereocenters. The number of hydrogen-bond donors (Lipinski definition) is 0. The molecule has 0 aliphatic heterocycles. The Hall–Kier alpha value is -0.920. The van der Waals surface area contributed by atoms with E-state index >= 15 is 0 Å². The summed E-state index contributed by atoms with van der Waals surface area (Å²) in [7, 11) is 0. The third kappa shape index (κ3) is 1.54. The van der Waals surface area contributed by atoms with Crippen LogP contribution in [0.5, 0.6) is 0 Å². The second-order valence-corrected chi connectivity index (χ2v) is 4.22. The Morgan fingerprint density at radius 2 is 1.07 bits per heavy atom. The fourth-order valence-corrected chi connectivity index (χ4v) is 2.04. The molecule has 0 unspecified atom stereocenters. The van der Waals surface area contributed by atoms with Crippen LogP contribution in [0.4, 0.5) is 0 Å². The number of aromatic nitrogens is 2. The molecule has 0 aromatic carbocycles. The van der Waals surface area contributed by atoms with E-state index in [1.165, 1.54) is 11.0 Å². The molecular formula is C12H22N2. The summed E-state index contributed by atoms with van der Waals surface area (Å²) in [5, 5.41) is 0. The van der Waals surface area contributed by atoms with Crippen LogP contribution in [-0.4, -0.2) is 9.13 Å². The van der Waals surface area contributed by atoms with Crippen molar-refractivity contribution in [3.63, 3.8) is 0 Å². The molecule has 0 bridgehead atoms. The molecule has 1 heterocycles. The van der Waals surface area contributed by atoms with Crippen LogP contribution in [0.1, 0.15) is 53.6 Å². The van der Waals surface area contributed by atoms with Crippen molar-refractivity contribution < 1.29 is 0 Å². The second-order valence-electron chi connectivity index (χ2n) is 4.22. The molecule has 0 radical (unpaired) electrons. The fraction of sp³-hybridized carbons (Fsp3) is 0.667. The van der Waals surface area contributed by atoms with Crippen molar-refractivity contribution in [2.75, 3.05) is 0 Å². The molecule has 0 fully saturated rings. The standard InChI is InChI=1S/C12H22N2/c1-7-11-13(9(3)4)12(8-2)14(11)10(5)6/h7-10H,1-6H3. The lowest BCUT2D eigenvalue weighted by Gasteiger charge is -2.28. The lowest BCUT2D eigenvalue weighted by Crippen LogP contribution is -2.56. The van der Waals surface area contributed by atoms with Crippen LogP contribution in [-0.2, 0) is 0 Å². The monoisotopic (exact) mass is 194 g/mol. The normalized spacial score (nSPS) is 11.4. The van der Waals surface area contributed by atoms with Gasteiger partial charge in [-0.1, -0.05) is 0 Å². The molecule has 1 aromatic rings. The van der Waals surface area contributed by atoms with Crippen molar-refractivity contribution in [3.05, 3.63) is 11.0 Å². The highest BCUT2D eigenvalue weighted by molar-refractivity contribution is 5.20. The molecule has 0 N–H and O–H groups in total. The average molecular weight is 194 g/mol. The Labute approximate surface area is 86.5 Å². The van der Waals surface area contributed by atoms with Crippen LogP contribution in [0.3, 0.4) is 0 Å². The Balaban J connectivity index is 3.44. The molecule has 2 nitrogen and oxygen atoms in total. The molecular weight excluding hydrogens is 172 g/mol. The minimum absolute atomic E-state index is 0.544. The first-order valence-electron chi connectivity index (χ1n) is 5.45. The summed E-state index contributed by atoms with van der Waals surface area (Å²) in [6, 6.07) is 1.09. The third-order valence-corrected chi connectivity index (χ3v) is 2.54. The first kappa shape index (κ1) is 11.2. The smallest absolute Gasteiger partial charge is 0.111 e. The Bertz CT molecular complexity index is 342. The van der Waals surface area contributed by atoms with E-state index in [4.69, 9.17) is 0 Å². The number of nitrogens with zero attached hydrogens (tertiary/aromatic N) is 2. The summed E-state index contributed by atoms with van der Waals surface area (Å²) in [4.78, 5) is 0. The average Bonchev–Trinajstić information content (AvgIpc) is 2.02. The molecule has 0 saturated heterocycles. The predicted octanol–water partition coefficient (Wildman–Crippen LogP) is 2.05. The van der Waals surface area contributed by atoms with E-state index in [0.29, 0.717) is 12.1 Å². The molecule has 0 amide bonds. The molecule has 0 aliphatic rings. The second kappa shape index (κ2) is 4.07. The molecule has 14 heavy (non-hydrogen) atoms. The van der Waals surface area contributed by atoms with Crippen molar-refractivity contribution in [1.82, 2.24) is 9.13 Å². The van der Waals surface area contributed by atoms with E-state index in [1.54, 1.807) is 0 Å². The number of hydrogen-bond acceptors (Lipinski definition) is 0. The lowest BCUT2D eigenvalue weighted by molar-refractivity contribution is 0.384. The van der Waals surface area contributed by atoms with E-state index in [9.17, 15) is 0 Å². The number of rotatable bonds is 2. The third-order valence-electron chi connectivity index (χ3n) is 2.54. The van der Waals surface area contributed by atoms with Gasteiger partial charge in [0.2, 0.25) is 0 Å². The van der Waals surface area contributed by atoms with Crippen LogP contribution in [0, 0.1) is 0 Å². The van der Waals surface area contributed by atoms with Gasteiger partial charge in [0.1, 0.15) is 11.0 Å². The minimum atomic E-state index is 0.544. The summed E-state index contributed by atoms with van der Waals surface area (Å²) in [5.74, 6) is 0. The summed E-state index contributed by atoms with van der Waals surface area (Å²) in [6.45, 7) is 13.1. The van der Waals surface area contributed by atoms with Gasteiger partial charge in [-0.3, -0.25) is 0 Å². The van der Waals surface area contributed by atoms with Gasteiger partial charge < -0.3 is 9.13 Å². The van der Waals surface area contributed by atoms with Crippen molar-refractivity contribution in [1.29, 1.82) is 0 Å². The van der Waals surface area contributed by atoms with Gasteiger partial charge in [0, 0.05) is 12.1 Å². The minimum Gasteiger partial charge on any atom is -0.312 e. The van der Waals surface area contributed by atoms with Crippen LogP contribution in [0.25, 0.3) is 12.2 Å². The van der Waals surface area contributed by atoms with Crippen LogP contribution >= 0.6 is 0 Å². The molecule has 0 spiro atoms. The highest BCUT2D eigenvalue weighted by Crippen LogP contribution is 2.02. The van der Waals surface area contributed by atoms with E-state index in [2.05, 4.69) is 62.8 Å². The Morgan fingerprint density at radius 1 is 0.786 bits per heavy atom. The zero-order chi connectivity index (χ0) is 10.9. The molecule has 80 valence electrons. The van der Waals surface area contributed by atoms with Gasteiger partial charge in [-0.25, -0.2) is 0 Å². The van der Waals surface area contributed by atoms with E-state index in [-0.39, 0.29) is 0 Å². The predicted molar refractivity (Wildman–Crippen MR) is 62.7 cm³/mol. The quantitative estimate of drug-likeness (QED) is 0.682. The first-order valence-corrected chi connectivity index (χ1v) is 5.45. The maximum Gasteiger partial charge on any atom is 0.111 e. The van der Waals surface area contributed by atoms with Crippen molar-refractivity contribution in [3.8, 4) is 0 Å².